The maximum absolute atomic E-state index is 12.4. The minimum Gasteiger partial charge on any atom is -0.344 e. The average molecular weight is 372 g/mol. The lowest BCUT2D eigenvalue weighted by atomic mass is 10.2. The standard InChI is InChI=1S/C17H14ClN5OS/c1-9-12-15-20-14(10-6-4-5-7-11(10)18)21-23(15)8-19-16(12)25-13(9)17(24)22(2)3/h4-8H,1-3H3. The summed E-state index contributed by atoms with van der Waals surface area (Å²) in [5, 5.41) is 5.93. The highest BCUT2D eigenvalue weighted by Gasteiger charge is 2.21. The van der Waals surface area contributed by atoms with Gasteiger partial charge in [0, 0.05) is 19.7 Å². The zero-order chi connectivity index (χ0) is 17.7. The Morgan fingerprint density at radius 2 is 2.04 bits per heavy atom. The molecular formula is C17H14ClN5OS. The number of aryl methyl sites for hydroxylation is 1. The van der Waals surface area contributed by atoms with Crippen LogP contribution in [0.15, 0.2) is 30.6 Å². The van der Waals surface area contributed by atoms with Crippen LogP contribution in [0.4, 0.5) is 0 Å². The quantitative estimate of drug-likeness (QED) is 0.539. The third-order valence-corrected chi connectivity index (χ3v) is 5.50. The smallest absolute Gasteiger partial charge is 0.263 e. The second-order valence-corrected chi connectivity index (χ2v) is 7.27. The molecule has 4 rings (SSSR count). The van der Waals surface area contributed by atoms with E-state index in [9.17, 15) is 4.79 Å². The van der Waals surface area contributed by atoms with Crippen molar-refractivity contribution in [2.45, 2.75) is 6.92 Å². The Balaban J connectivity index is 1.98. The van der Waals surface area contributed by atoms with Gasteiger partial charge >= 0.3 is 0 Å². The fourth-order valence-corrected chi connectivity index (χ4v) is 4.08. The topological polar surface area (TPSA) is 63.4 Å². The Morgan fingerprint density at radius 3 is 2.76 bits per heavy atom. The largest absolute Gasteiger partial charge is 0.344 e. The van der Waals surface area contributed by atoms with Crippen molar-refractivity contribution < 1.29 is 4.79 Å². The number of nitrogens with zero attached hydrogens (tertiary/aromatic N) is 5. The lowest BCUT2D eigenvalue weighted by Crippen LogP contribution is -2.21. The molecule has 8 heteroatoms. The molecule has 3 heterocycles. The van der Waals surface area contributed by atoms with Gasteiger partial charge in [-0.3, -0.25) is 4.79 Å². The van der Waals surface area contributed by atoms with E-state index in [0.29, 0.717) is 21.4 Å². The maximum Gasteiger partial charge on any atom is 0.263 e. The summed E-state index contributed by atoms with van der Waals surface area (Å²) in [5.41, 5.74) is 2.31. The van der Waals surface area contributed by atoms with Gasteiger partial charge in [-0.15, -0.1) is 16.4 Å². The zero-order valence-electron chi connectivity index (χ0n) is 13.8. The number of carbonyl (C=O) groups excluding carboxylic acids is 1. The molecule has 0 spiro atoms. The van der Waals surface area contributed by atoms with Crippen LogP contribution in [0, 0.1) is 6.92 Å². The first-order valence-corrected chi connectivity index (χ1v) is 8.78. The fraction of sp³-hybridized carbons (Fsp3) is 0.176. The molecule has 3 aromatic heterocycles. The molecular weight excluding hydrogens is 358 g/mol. The molecule has 1 aromatic carbocycles. The molecule has 6 nitrogen and oxygen atoms in total. The highest BCUT2D eigenvalue weighted by molar-refractivity contribution is 7.20. The van der Waals surface area contributed by atoms with Gasteiger partial charge in [0.05, 0.1) is 15.3 Å². The van der Waals surface area contributed by atoms with Crippen molar-refractivity contribution in [3.05, 3.63) is 46.1 Å². The van der Waals surface area contributed by atoms with Crippen LogP contribution in [0.25, 0.3) is 27.3 Å². The molecule has 0 aliphatic heterocycles. The first kappa shape index (κ1) is 16.0. The third-order valence-electron chi connectivity index (χ3n) is 3.98. The van der Waals surface area contributed by atoms with Gasteiger partial charge in [0.1, 0.15) is 11.2 Å². The molecule has 0 radical (unpaired) electrons. The van der Waals surface area contributed by atoms with Gasteiger partial charge in [0.15, 0.2) is 11.5 Å². The molecule has 0 saturated carbocycles. The van der Waals surface area contributed by atoms with E-state index in [1.807, 2.05) is 25.1 Å². The molecule has 25 heavy (non-hydrogen) atoms. The molecule has 0 bridgehead atoms. The van der Waals surface area contributed by atoms with Crippen molar-refractivity contribution >= 4 is 44.7 Å². The lowest BCUT2D eigenvalue weighted by molar-refractivity contribution is 0.0831. The molecule has 0 aliphatic carbocycles. The van der Waals surface area contributed by atoms with Gasteiger partial charge in [-0.1, -0.05) is 23.7 Å². The SMILES string of the molecule is Cc1c(C(=O)N(C)C)sc2ncn3nc(-c4ccccc4Cl)nc3c12. The predicted octanol–water partition coefficient (Wildman–Crippen LogP) is 3.67. The Labute approximate surface area is 152 Å². The van der Waals surface area contributed by atoms with Crippen molar-refractivity contribution in [1.29, 1.82) is 0 Å². The van der Waals surface area contributed by atoms with E-state index in [0.717, 1.165) is 21.3 Å². The molecule has 4 aromatic rings. The molecule has 0 N–H and O–H groups in total. The minimum atomic E-state index is -0.0375. The summed E-state index contributed by atoms with van der Waals surface area (Å²) < 4.78 is 1.63. The zero-order valence-corrected chi connectivity index (χ0v) is 15.4. The van der Waals surface area contributed by atoms with Crippen LogP contribution in [-0.4, -0.2) is 44.5 Å². The van der Waals surface area contributed by atoms with E-state index in [1.165, 1.54) is 11.3 Å². The number of hydrogen-bond acceptors (Lipinski definition) is 5. The van der Waals surface area contributed by atoms with Crippen molar-refractivity contribution in [1.82, 2.24) is 24.5 Å². The summed E-state index contributed by atoms with van der Waals surface area (Å²) >= 11 is 7.64. The normalized spacial score (nSPS) is 11.4. The van der Waals surface area contributed by atoms with Gasteiger partial charge in [-0.2, -0.15) is 0 Å². The number of amides is 1. The molecule has 126 valence electrons. The molecule has 1 amide bonds. The number of hydrogen-bond donors (Lipinski definition) is 0. The summed E-state index contributed by atoms with van der Waals surface area (Å²) in [6, 6.07) is 7.44. The molecule has 0 atom stereocenters. The number of fused-ring (bicyclic) bond motifs is 3. The van der Waals surface area contributed by atoms with E-state index in [1.54, 1.807) is 35.9 Å². The number of thiophene rings is 1. The Bertz CT molecular complexity index is 1130. The Kier molecular flexibility index (Phi) is 3.70. The number of benzene rings is 1. The molecule has 0 fully saturated rings. The van der Waals surface area contributed by atoms with Gasteiger partial charge in [-0.05, 0) is 24.6 Å². The van der Waals surface area contributed by atoms with Crippen LogP contribution in [0.5, 0.6) is 0 Å². The van der Waals surface area contributed by atoms with E-state index >= 15 is 0 Å². The van der Waals surface area contributed by atoms with E-state index < -0.39 is 0 Å². The summed E-state index contributed by atoms with van der Waals surface area (Å²) in [6.45, 7) is 1.92. The van der Waals surface area contributed by atoms with Gasteiger partial charge in [-0.25, -0.2) is 14.5 Å². The number of carbonyl (C=O) groups is 1. The molecule has 0 saturated heterocycles. The maximum atomic E-state index is 12.4. The first-order valence-electron chi connectivity index (χ1n) is 7.58. The average Bonchev–Trinajstić information content (AvgIpc) is 3.15. The van der Waals surface area contributed by atoms with E-state index in [2.05, 4.69) is 15.1 Å². The second kappa shape index (κ2) is 5.79. The molecule has 0 aliphatic rings. The highest BCUT2D eigenvalue weighted by atomic mass is 35.5. The third kappa shape index (κ3) is 2.47. The summed E-state index contributed by atoms with van der Waals surface area (Å²) in [4.78, 5) is 24.5. The highest BCUT2D eigenvalue weighted by Crippen LogP contribution is 2.33. The predicted molar refractivity (Wildman–Crippen MR) is 99.4 cm³/mol. The number of halogens is 1. The van der Waals surface area contributed by atoms with Crippen molar-refractivity contribution in [3.63, 3.8) is 0 Å². The van der Waals surface area contributed by atoms with E-state index in [4.69, 9.17) is 11.6 Å². The monoisotopic (exact) mass is 371 g/mol. The summed E-state index contributed by atoms with van der Waals surface area (Å²) in [7, 11) is 3.48. The minimum absolute atomic E-state index is 0.0375. The van der Waals surface area contributed by atoms with Gasteiger partial charge in [0.2, 0.25) is 0 Å². The fourth-order valence-electron chi connectivity index (χ4n) is 2.70. The first-order chi connectivity index (χ1) is 12.0. The van der Waals surface area contributed by atoms with Crippen molar-refractivity contribution in [2.75, 3.05) is 14.1 Å². The van der Waals surface area contributed by atoms with E-state index in [-0.39, 0.29) is 5.91 Å². The second-order valence-electron chi connectivity index (χ2n) is 5.86. The van der Waals surface area contributed by atoms with Gasteiger partial charge in [0.25, 0.3) is 5.91 Å². The van der Waals surface area contributed by atoms with Crippen LogP contribution in [0.2, 0.25) is 5.02 Å². The van der Waals surface area contributed by atoms with Crippen molar-refractivity contribution in [2.24, 2.45) is 0 Å². The molecule has 0 unspecified atom stereocenters. The van der Waals surface area contributed by atoms with Crippen LogP contribution >= 0.6 is 22.9 Å². The lowest BCUT2D eigenvalue weighted by Gasteiger charge is -2.08. The summed E-state index contributed by atoms with van der Waals surface area (Å²) in [5.74, 6) is 0.496. The van der Waals surface area contributed by atoms with Crippen LogP contribution < -0.4 is 0 Å². The van der Waals surface area contributed by atoms with Crippen LogP contribution in [-0.2, 0) is 0 Å². The number of rotatable bonds is 2. The van der Waals surface area contributed by atoms with Gasteiger partial charge < -0.3 is 4.90 Å². The van der Waals surface area contributed by atoms with Crippen molar-refractivity contribution in [3.8, 4) is 11.4 Å². The number of aromatic nitrogens is 4. The van der Waals surface area contributed by atoms with Crippen LogP contribution in [0.3, 0.4) is 0 Å². The Morgan fingerprint density at radius 1 is 1.28 bits per heavy atom. The van der Waals surface area contributed by atoms with Crippen LogP contribution in [0.1, 0.15) is 15.2 Å². The Hall–Kier alpha value is -2.51. The summed E-state index contributed by atoms with van der Waals surface area (Å²) in [6.07, 6.45) is 1.62.